The van der Waals surface area contributed by atoms with Crippen LogP contribution in [0, 0.1) is 0 Å². The van der Waals surface area contributed by atoms with Crippen LogP contribution in [0.2, 0.25) is 10.0 Å². The topological polar surface area (TPSA) is 50.7 Å². The van der Waals surface area contributed by atoms with Crippen LogP contribution in [0.3, 0.4) is 0 Å². The first-order valence-electron chi connectivity index (χ1n) is 10.5. The Balaban J connectivity index is 1.53. The third-order valence-corrected chi connectivity index (χ3v) is 6.02. The van der Waals surface area contributed by atoms with Gasteiger partial charge in [-0.3, -0.25) is 4.79 Å². The standard InChI is InChI=1S/C24H26Cl2N2O2S/c1-2-3-4-5-6-7-12-30-21-10-8-17(9-11-21)13-22-23(29)28-24(31-22)27-20-15-18(25)14-19(26)16-20/h8-11,13-16H,2-7,12H2,1H3,(H,27,28,29)/b22-13-. The molecular formula is C24H26Cl2N2O2S. The molecule has 1 N–H and O–H groups in total. The van der Waals surface area contributed by atoms with Crippen molar-refractivity contribution in [3.8, 4) is 5.75 Å². The van der Waals surface area contributed by atoms with Crippen LogP contribution < -0.4 is 10.1 Å². The van der Waals surface area contributed by atoms with Gasteiger partial charge < -0.3 is 10.1 Å². The molecule has 0 unspecified atom stereocenters. The minimum Gasteiger partial charge on any atom is -0.494 e. The number of halogens is 2. The van der Waals surface area contributed by atoms with Crippen molar-refractivity contribution >= 4 is 57.8 Å². The number of carbonyl (C=O) groups is 1. The highest BCUT2D eigenvalue weighted by molar-refractivity contribution is 8.18. The summed E-state index contributed by atoms with van der Waals surface area (Å²) in [6.45, 7) is 2.96. The van der Waals surface area contributed by atoms with Crippen molar-refractivity contribution in [1.82, 2.24) is 5.32 Å². The van der Waals surface area contributed by atoms with Crippen LogP contribution in [0.15, 0.2) is 52.4 Å². The molecule has 4 nitrogen and oxygen atoms in total. The van der Waals surface area contributed by atoms with Gasteiger partial charge in [0.1, 0.15) is 5.75 Å². The van der Waals surface area contributed by atoms with Gasteiger partial charge in [0.2, 0.25) is 0 Å². The predicted octanol–water partition coefficient (Wildman–Crippen LogP) is 7.62. The van der Waals surface area contributed by atoms with E-state index < -0.39 is 0 Å². The van der Waals surface area contributed by atoms with E-state index in [1.54, 1.807) is 18.2 Å². The first-order valence-corrected chi connectivity index (χ1v) is 12.1. The number of ether oxygens (including phenoxy) is 1. The van der Waals surface area contributed by atoms with Crippen LogP contribution in [0.5, 0.6) is 5.75 Å². The number of thioether (sulfide) groups is 1. The summed E-state index contributed by atoms with van der Waals surface area (Å²) in [5, 5.41) is 4.26. The second kappa shape index (κ2) is 12.2. The van der Waals surface area contributed by atoms with E-state index in [1.165, 1.54) is 43.9 Å². The number of rotatable bonds is 10. The van der Waals surface area contributed by atoms with Gasteiger partial charge in [0.05, 0.1) is 17.2 Å². The molecule has 0 spiro atoms. The number of amidine groups is 1. The zero-order valence-corrected chi connectivity index (χ0v) is 19.8. The molecule has 2 aromatic carbocycles. The van der Waals surface area contributed by atoms with E-state index in [2.05, 4.69) is 17.2 Å². The molecule has 0 radical (unpaired) electrons. The zero-order chi connectivity index (χ0) is 22.1. The molecule has 0 aromatic heterocycles. The third kappa shape index (κ3) is 7.91. The molecule has 1 heterocycles. The van der Waals surface area contributed by atoms with Crippen LogP contribution in [0.4, 0.5) is 5.69 Å². The van der Waals surface area contributed by atoms with E-state index in [0.717, 1.165) is 24.3 Å². The Labute approximate surface area is 198 Å². The number of hydrogen-bond acceptors (Lipinski definition) is 4. The Morgan fingerprint density at radius 3 is 2.39 bits per heavy atom. The molecule has 7 heteroatoms. The smallest absolute Gasteiger partial charge is 0.264 e. The van der Waals surface area contributed by atoms with Crippen LogP contribution >= 0.6 is 35.0 Å². The summed E-state index contributed by atoms with van der Waals surface area (Å²) in [6.07, 6.45) is 9.29. The second-order valence-electron chi connectivity index (χ2n) is 7.29. The highest BCUT2D eigenvalue weighted by Crippen LogP contribution is 2.30. The van der Waals surface area contributed by atoms with Crippen LogP contribution in [-0.2, 0) is 4.79 Å². The van der Waals surface area contributed by atoms with Crippen molar-refractivity contribution in [2.45, 2.75) is 45.4 Å². The van der Waals surface area contributed by atoms with E-state index in [1.807, 2.05) is 30.3 Å². The van der Waals surface area contributed by atoms with Gasteiger partial charge in [0.25, 0.3) is 5.91 Å². The summed E-state index contributed by atoms with van der Waals surface area (Å²) in [5.41, 5.74) is 1.52. The van der Waals surface area contributed by atoms with Crippen LogP contribution in [-0.4, -0.2) is 17.7 Å². The summed E-state index contributed by atoms with van der Waals surface area (Å²) < 4.78 is 5.82. The molecule has 164 valence electrons. The summed E-state index contributed by atoms with van der Waals surface area (Å²) in [5.74, 6) is 0.666. The van der Waals surface area contributed by atoms with Crippen molar-refractivity contribution in [2.75, 3.05) is 6.61 Å². The summed E-state index contributed by atoms with van der Waals surface area (Å²) in [4.78, 5) is 17.3. The van der Waals surface area contributed by atoms with Gasteiger partial charge in [-0.05, 0) is 60.2 Å². The number of nitrogens with zero attached hydrogens (tertiary/aromatic N) is 1. The number of amides is 1. The molecule has 3 rings (SSSR count). The Kier molecular flexibility index (Phi) is 9.31. The SMILES string of the molecule is CCCCCCCCOc1ccc(/C=C2\SC(=Nc3cc(Cl)cc(Cl)c3)NC2=O)cc1. The van der Waals surface area contributed by atoms with Crippen molar-refractivity contribution in [3.63, 3.8) is 0 Å². The van der Waals surface area contributed by atoms with E-state index in [9.17, 15) is 4.79 Å². The average molecular weight is 477 g/mol. The number of nitrogens with one attached hydrogen (secondary N) is 1. The quantitative estimate of drug-likeness (QED) is 0.283. The first-order chi connectivity index (χ1) is 15.0. The predicted molar refractivity (Wildman–Crippen MR) is 133 cm³/mol. The molecular weight excluding hydrogens is 451 g/mol. The highest BCUT2D eigenvalue weighted by Gasteiger charge is 2.23. The number of carbonyl (C=O) groups excluding carboxylic acids is 1. The van der Waals surface area contributed by atoms with Crippen molar-refractivity contribution in [2.24, 2.45) is 4.99 Å². The third-order valence-electron chi connectivity index (χ3n) is 4.67. The average Bonchev–Trinajstić information content (AvgIpc) is 3.06. The molecule has 1 aliphatic heterocycles. The fourth-order valence-electron chi connectivity index (χ4n) is 3.09. The summed E-state index contributed by atoms with van der Waals surface area (Å²) in [6, 6.07) is 12.8. The largest absolute Gasteiger partial charge is 0.494 e. The Hall–Kier alpha value is -1.95. The van der Waals surface area contributed by atoms with Crippen molar-refractivity contribution in [3.05, 3.63) is 63.0 Å². The van der Waals surface area contributed by atoms with Gasteiger partial charge in [-0.15, -0.1) is 0 Å². The number of unbranched alkanes of at least 4 members (excludes halogenated alkanes) is 5. The number of aliphatic imine (C=N–C) groups is 1. The monoisotopic (exact) mass is 476 g/mol. The fraction of sp³-hybridized carbons (Fsp3) is 0.333. The fourth-order valence-corrected chi connectivity index (χ4v) is 4.44. The van der Waals surface area contributed by atoms with E-state index in [-0.39, 0.29) is 5.91 Å². The number of benzene rings is 2. The molecule has 2 aromatic rings. The van der Waals surface area contributed by atoms with Gasteiger partial charge in [-0.2, -0.15) is 0 Å². The summed E-state index contributed by atoms with van der Waals surface area (Å²) in [7, 11) is 0. The lowest BCUT2D eigenvalue weighted by molar-refractivity contribution is -0.115. The molecule has 1 amide bonds. The lowest BCUT2D eigenvalue weighted by Crippen LogP contribution is -2.19. The molecule has 1 fully saturated rings. The van der Waals surface area contributed by atoms with Gasteiger partial charge in [0, 0.05) is 10.0 Å². The maximum atomic E-state index is 12.3. The van der Waals surface area contributed by atoms with Gasteiger partial charge in [-0.25, -0.2) is 4.99 Å². The van der Waals surface area contributed by atoms with Crippen molar-refractivity contribution in [1.29, 1.82) is 0 Å². The maximum absolute atomic E-state index is 12.3. The Bertz CT molecular complexity index is 938. The Morgan fingerprint density at radius 1 is 1.00 bits per heavy atom. The molecule has 1 saturated heterocycles. The molecule has 31 heavy (non-hydrogen) atoms. The molecule has 0 aliphatic carbocycles. The van der Waals surface area contributed by atoms with E-state index in [0.29, 0.717) is 25.8 Å². The van der Waals surface area contributed by atoms with E-state index in [4.69, 9.17) is 27.9 Å². The van der Waals surface area contributed by atoms with Gasteiger partial charge in [-0.1, -0.05) is 74.4 Å². The summed E-state index contributed by atoms with van der Waals surface area (Å²) >= 11 is 13.3. The zero-order valence-electron chi connectivity index (χ0n) is 17.5. The minimum atomic E-state index is -0.180. The first kappa shape index (κ1) is 23.7. The maximum Gasteiger partial charge on any atom is 0.264 e. The molecule has 0 saturated carbocycles. The van der Waals surface area contributed by atoms with Crippen LogP contribution in [0.25, 0.3) is 6.08 Å². The molecule has 0 atom stereocenters. The van der Waals surface area contributed by atoms with Gasteiger partial charge in [0.15, 0.2) is 5.17 Å². The minimum absolute atomic E-state index is 0.180. The molecule has 1 aliphatic rings. The van der Waals surface area contributed by atoms with Crippen molar-refractivity contribution < 1.29 is 9.53 Å². The van der Waals surface area contributed by atoms with Crippen LogP contribution in [0.1, 0.15) is 51.0 Å². The van der Waals surface area contributed by atoms with E-state index >= 15 is 0 Å². The second-order valence-corrected chi connectivity index (χ2v) is 9.20. The lowest BCUT2D eigenvalue weighted by Gasteiger charge is -2.06. The van der Waals surface area contributed by atoms with Gasteiger partial charge >= 0.3 is 0 Å². The highest BCUT2D eigenvalue weighted by atomic mass is 35.5. The number of hydrogen-bond donors (Lipinski definition) is 1. The molecule has 0 bridgehead atoms. The normalized spacial score (nSPS) is 16.2. The lowest BCUT2D eigenvalue weighted by atomic mass is 10.1. The Morgan fingerprint density at radius 2 is 1.68 bits per heavy atom.